The molecule has 0 fully saturated rings. The van der Waals surface area contributed by atoms with E-state index in [1.807, 2.05) is 45.0 Å². The van der Waals surface area contributed by atoms with Crippen LogP contribution < -0.4 is 10.1 Å². The fourth-order valence-electron chi connectivity index (χ4n) is 2.00. The van der Waals surface area contributed by atoms with Crippen LogP contribution in [0.3, 0.4) is 0 Å². The van der Waals surface area contributed by atoms with Crippen LogP contribution in [0.15, 0.2) is 24.3 Å². The van der Waals surface area contributed by atoms with Crippen molar-refractivity contribution in [1.29, 1.82) is 0 Å². The lowest BCUT2D eigenvalue weighted by Crippen LogP contribution is -2.53. The van der Waals surface area contributed by atoms with Crippen molar-refractivity contribution in [2.45, 2.75) is 52.2 Å². The van der Waals surface area contributed by atoms with Gasteiger partial charge in [-0.2, -0.15) is 0 Å². The van der Waals surface area contributed by atoms with Crippen molar-refractivity contribution in [2.75, 3.05) is 6.61 Å². The molecule has 1 atom stereocenters. The lowest BCUT2D eigenvalue weighted by Gasteiger charge is -2.32. The molecular weight excluding hydrogens is 254 g/mol. The van der Waals surface area contributed by atoms with Crippen molar-refractivity contribution in [3.05, 3.63) is 29.8 Å². The molecule has 0 spiro atoms. The third-order valence-electron chi connectivity index (χ3n) is 3.72. The van der Waals surface area contributed by atoms with E-state index in [1.54, 1.807) is 6.92 Å². The monoisotopic (exact) mass is 279 g/mol. The molecular formula is C16H25NO3. The smallest absolute Gasteiger partial charge is 0.261 e. The summed E-state index contributed by atoms with van der Waals surface area (Å²) in [4.78, 5) is 12.2. The molecule has 4 heteroatoms. The Morgan fingerprint density at radius 2 is 2.05 bits per heavy atom. The van der Waals surface area contributed by atoms with E-state index < -0.39 is 11.6 Å². The van der Waals surface area contributed by atoms with Crippen LogP contribution >= 0.6 is 0 Å². The molecule has 0 bridgehead atoms. The van der Waals surface area contributed by atoms with Gasteiger partial charge in [0, 0.05) is 0 Å². The highest BCUT2D eigenvalue weighted by atomic mass is 16.5. The van der Waals surface area contributed by atoms with Gasteiger partial charge in [0.15, 0.2) is 6.10 Å². The zero-order valence-electron chi connectivity index (χ0n) is 12.8. The minimum atomic E-state index is -0.596. The predicted octanol–water partition coefficient (Wildman–Crippen LogP) is 2.43. The molecule has 1 amide bonds. The van der Waals surface area contributed by atoms with Gasteiger partial charge in [0.25, 0.3) is 5.91 Å². The Morgan fingerprint density at radius 1 is 1.40 bits per heavy atom. The van der Waals surface area contributed by atoms with Crippen LogP contribution in [0.2, 0.25) is 0 Å². The average Bonchev–Trinajstić information content (AvgIpc) is 2.44. The third kappa shape index (κ3) is 4.23. The summed E-state index contributed by atoms with van der Waals surface area (Å²) in [7, 11) is 0. The average molecular weight is 279 g/mol. The molecule has 0 aliphatic heterocycles. The number of hydrogen-bond donors (Lipinski definition) is 2. The SMILES string of the molecule is CCC(CC)(CO)NC(=O)C(C)Oc1cccc(C)c1. The molecule has 0 aliphatic rings. The molecule has 1 rings (SSSR count). The van der Waals surface area contributed by atoms with Crippen LogP contribution in [0.4, 0.5) is 0 Å². The van der Waals surface area contributed by atoms with Gasteiger partial charge in [-0.25, -0.2) is 0 Å². The Hall–Kier alpha value is -1.55. The van der Waals surface area contributed by atoms with E-state index in [4.69, 9.17) is 4.74 Å². The minimum Gasteiger partial charge on any atom is -0.481 e. The highest BCUT2D eigenvalue weighted by Crippen LogP contribution is 2.17. The molecule has 0 radical (unpaired) electrons. The number of aryl methyl sites for hydroxylation is 1. The first-order valence-corrected chi connectivity index (χ1v) is 7.12. The predicted molar refractivity (Wildman–Crippen MR) is 79.8 cm³/mol. The van der Waals surface area contributed by atoms with Crippen LogP contribution in [0.1, 0.15) is 39.2 Å². The van der Waals surface area contributed by atoms with Gasteiger partial charge in [0.2, 0.25) is 0 Å². The van der Waals surface area contributed by atoms with Gasteiger partial charge in [0.05, 0.1) is 12.1 Å². The van der Waals surface area contributed by atoms with E-state index in [-0.39, 0.29) is 12.5 Å². The molecule has 0 aliphatic carbocycles. The fourth-order valence-corrected chi connectivity index (χ4v) is 2.00. The van der Waals surface area contributed by atoms with Crippen molar-refractivity contribution < 1.29 is 14.6 Å². The van der Waals surface area contributed by atoms with Crippen molar-refractivity contribution in [3.63, 3.8) is 0 Å². The Morgan fingerprint density at radius 3 is 2.55 bits per heavy atom. The molecule has 2 N–H and O–H groups in total. The molecule has 0 aromatic heterocycles. The number of carbonyl (C=O) groups is 1. The van der Waals surface area contributed by atoms with Crippen molar-refractivity contribution in [3.8, 4) is 5.75 Å². The number of rotatable bonds is 7. The van der Waals surface area contributed by atoms with Crippen LogP contribution in [0, 0.1) is 6.92 Å². The first-order chi connectivity index (χ1) is 9.46. The number of benzene rings is 1. The quantitative estimate of drug-likeness (QED) is 0.806. The number of aliphatic hydroxyl groups excluding tert-OH is 1. The molecule has 112 valence electrons. The maximum Gasteiger partial charge on any atom is 0.261 e. The molecule has 4 nitrogen and oxygen atoms in total. The summed E-state index contributed by atoms with van der Waals surface area (Å²) in [5.41, 5.74) is 0.531. The second-order valence-corrected chi connectivity index (χ2v) is 5.21. The fraction of sp³-hybridized carbons (Fsp3) is 0.562. The van der Waals surface area contributed by atoms with Crippen molar-refractivity contribution >= 4 is 5.91 Å². The zero-order chi connectivity index (χ0) is 15.2. The van der Waals surface area contributed by atoms with Crippen molar-refractivity contribution in [2.24, 2.45) is 0 Å². The van der Waals surface area contributed by atoms with E-state index in [0.717, 1.165) is 5.56 Å². The molecule has 1 unspecified atom stereocenters. The number of amides is 1. The maximum absolute atomic E-state index is 12.2. The number of aliphatic hydroxyl groups is 1. The van der Waals surface area contributed by atoms with Gasteiger partial charge in [-0.3, -0.25) is 4.79 Å². The van der Waals surface area contributed by atoms with E-state index in [2.05, 4.69) is 5.32 Å². The van der Waals surface area contributed by atoms with E-state index in [0.29, 0.717) is 18.6 Å². The largest absolute Gasteiger partial charge is 0.481 e. The molecule has 20 heavy (non-hydrogen) atoms. The third-order valence-corrected chi connectivity index (χ3v) is 3.72. The van der Waals surface area contributed by atoms with Crippen LogP contribution in [0.5, 0.6) is 5.75 Å². The van der Waals surface area contributed by atoms with Crippen LogP contribution in [-0.4, -0.2) is 29.3 Å². The summed E-state index contributed by atoms with van der Waals surface area (Å²) < 4.78 is 5.64. The second kappa shape index (κ2) is 7.29. The van der Waals surface area contributed by atoms with Crippen LogP contribution in [0.25, 0.3) is 0 Å². The number of ether oxygens (including phenoxy) is 1. The zero-order valence-corrected chi connectivity index (χ0v) is 12.8. The van der Waals surface area contributed by atoms with Gasteiger partial charge < -0.3 is 15.2 Å². The van der Waals surface area contributed by atoms with Gasteiger partial charge in [0.1, 0.15) is 5.75 Å². The highest BCUT2D eigenvalue weighted by molar-refractivity contribution is 5.81. The summed E-state index contributed by atoms with van der Waals surface area (Å²) in [5, 5.41) is 12.4. The van der Waals surface area contributed by atoms with Gasteiger partial charge in [-0.15, -0.1) is 0 Å². The Kier molecular flexibility index (Phi) is 6.02. The normalized spacial score (nSPS) is 12.8. The topological polar surface area (TPSA) is 58.6 Å². The molecule has 1 aromatic carbocycles. The molecule has 0 saturated heterocycles. The number of carbonyl (C=O) groups excluding carboxylic acids is 1. The summed E-state index contributed by atoms with van der Waals surface area (Å²) >= 11 is 0. The first kappa shape index (κ1) is 16.5. The summed E-state index contributed by atoms with van der Waals surface area (Å²) in [5.74, 6) is 0.472. The summed E-state index contributed by atoms with van der Waals surface area (Å²) in [6.45, 7) is 7.52. The molecule has 0 saturated carbocycles. The van der Waals surface area contributed by atoms with Crippen LogP contribution in [-0.2, 0) is 4.79 Å². The first-order valence-electron chi connectivity index (χ1n) is 7.12. The highest BCUT2D eigenvalue weighted by Gasteiger charge is 2.29. The summed E-state index contributed by atoms with van der Waals surface area (Å²) in [6, 6.07) is 7.59. The van der Waals surface area contributed by atoms with E-state index in [9.17, 15) is 9.90 Å². The van der Waals surface area contributed by atoms with E-state index >= 15 is 0 Å². The molecule has 1 aromatic rings. The number of hydrogen-bond acceptors (Lipinski definition) is 3. The van der Waals surface area contributed by atoms with Gasteiger partial charge in [-0.1, -0.05) is 26.0 Å². The number of nitrogens with one attached hydrogen (secondary N) is 1. The standard InChI is InChI=1S/C16H25NO3/c1-5-16(6-2,11-18)17-15(19)13(4)20-14-9-7-8-12(3)10-14/h7-10,13,18H,5-6,11H2,1-4H3,(H,17,19). The Bertz CT molecular complexity index is 433. The second-order valence-electron chi connectivity index (χ2n) is 5.21. The van der Waals surface area contributed by atoms with Gasteiger partial charge in [-0.05, 0) is 44.4 Å². The van der Waals surface area contributed by atoms with Gasteiger partial charge >= 0.3 is 0 Å². The molecule has 0 heterocycles. The van der Waals surface area contributed by atoms with E-state index in [1.165, 1.54) is 0 Å². The Labute approximate surface area is 121 Å². The minimum absolute atomic E-state index is 0.0666. The maximum atomic E-state index is 12.2. The van der Waals surface area contributed by atoms with Crippen molar-refractivity contribution in [1.82, 2.24) is 5.32 Å². The Balaban J connectivity index is 2.67. The lowest BCUT2D eigenvalue weighted by atomic mass is 9.93. The lowest BCUT2D eigenvalue weighted by molar-refractivity contribution is -0.130. The summed E-state index contributed by atoms with van der Waals surface area (Å²) in [6.07, 6.45) is 0.770.